The Kier molecular flexibility index (Phi) is 5.40. The van der Waals surface area contributed by atoms with Crippen LogP contribution in [0, 0.1) is 0 Å². The van der Waals surface area contributed by atoms with Crippen LogP contribution in [0.4, 0.5) is 0 Å². The highest BCUT2D eigenvalue weighted by molar-refractivity contribution is 7.99. The van der Waals surface area contributed by atoms with Gasteiger partial charge in [-0.2, -0.15) is 11.8 Å². The van der Waals surface area contributed by atoms with E-state index in [2.05, 4.69) is 11.6 Å². The minimum absolute atomic E-state index is 0.633. The standard InChI is InChI=1S/C15H23NO2S/c1-17-13-5-7-15(18-2)11(8-13)10-16-12-4-6-14(9-12)19-3/h5,7-8,12,14,16H,4,6,9-10H2,1-3H3. The van der Waals surface area contributed by atoms with Gasteiger partial charge >= 0.3 is 0 Å². The van der Waals surface area contributed by atoms with E-state index in [9.17, 15) is 0 Å². The summed E-state index contributed by atoms with van der Waals surface area (Å²) in [5.41, 5.74) is 1.16. The topological polar surface area (TPSA) is 30.5 Å². The van der Waals surface area contributed by atoms with Gasteiger partial charge < -0.3 is 14.8 Å². The Labute approximate surface area is 120 Å². The fourth-order valence-corrected chi connectivity index (χ4v) is 3.41. The van der Waals surface area contributed by atoms with Crippen molar-refractivity contribution in [2.45, 2.75) is 37.1 Å². The van der Waals surface area contributed by atoms with Crippen molar-refractivity contribution in [2.24, 2.45) is 0 Å². The van der Waals surface area contributed by atoms with Gasteiger partial charge in [-0.15, -0.1) is 0 Å². The molecule has 1 aromatic rings. The van der Waals surface area contributed by atoms with E-state index in [1.165, 1.54) is 19.3 Å². The predicted molar refractivity (Wildman–Crippen MR) is 81.3 cm³/mol. The van der Waals surface area contributed by atoms with E-state index in [4.69, 9.17) is 9.47 Å². The Hall–Kier alpha value is -0.870. The minimum atomic E-state index is 0.633. The van der Waals surface area contributed by atoms with Crippen LogP contribution in [0.25, 0.3) is 0 Å². The number of rotatable bonds is 6. The van der Waals surface area contributed by atoms with Crippen LogP contribution in [0.15, 0.2) is 18.2 Å². The fraction of sp³-hybridized carbons (Fsp3) is 0.600. The largest absolute Gasteiger partial charge is 0.497 e. The SMILES string of the molecule is COc1ccc(OC)c(CNC2CCC(SC)C2)c1. The summed E-state index contributed by atoms with van der Waals surface area (Å²) in [4.78, 5) is 0. The van der Waals surface area contributed by atoms with Crippen LogP contribution in [-0.4, -0.2) is 31.8 Å². The molecule has 0 heterocycles. The number of benzene rings is 1. The number of methoxy groups -OCH3 is 2. The van der Waals surface area contributed by atoms with Gasteiger partial charge in [0.25, 0.3) is 0 Å². The van der Waals surface area contributed by atoms with Crippen LogP contribution in [0.3, 0.4) is 0 Å². The highest BCUT2D eigenvalue weighted by Gasteiger charge is 2.23. The van der Waals surface area contributed by atoms with E-state index in [-0.39, 0.29) is 0 Å². The Morgan fingerprint density at radius 1 is 1.26 bits per heavy atom. The molecule has 0 radical (unpaired) electrons. The first kappa shape index (κ1) is 14.5. The Balaban J connectivity index is 1.95. The fourth-order valence-electron chi connectivity index (χ4n) is 2.61. The van der Waals surface area contributed by atoms with Gasteiger partial charge in [-0.1, -0.05) is 0 Å². The van der Waals surface area contributed by atoms with Crippen molar-refractivity contribution >= 4 is 11.8 Å². The average molecular weight is 281 g/mol. The zero-order valence-corrected chi connectivity index (χ0v) is 12.8. The maximum Gasteiger partial charge on any atom is 0.123 e. The van der Waals surface area contributed by atoms with Crippen LogP contribution in [0.2, 0.25) is 0 Å². The van der Waals surface area contributed by atoms with E-state index < -0.39 is 0 Å². The number of ether oxygens (including phenoxy) is 2. The van der Waals surface area contributed by atoms with Crippen molar-refractivity contribution in [2.75, 3.05) is 20.5 Å². The first-order chi connectivity index (χ1) is 9.26. The average Bonchev–Trinajstić information content (AvgIpc) is 2.92. The van der Waals surface area contributed by atoms with Crippen LogP contribution in [0.1, 0.15) is 24.8 Å². The molecule has 2 atom stereocenters. The molecule has 1 aliphatic rings. The molecule has 2 unspecified atom stereocenters. The normalized spacial score (nSPS) is 22.5. The van der Waals surface area contributed by atoms with E-state index >= 15 is 0 Å². The third-order valence-electron chi connectivity index (χ3n) is 3.79. The quantitative estimate of drug-likeness (QED) is 0.868. The Bertz CT molecular complexity index is 411. The first-order valence-corrected chi connectivity index (χ1v) is 8.02. The Morgan fingerprint density at radius 3 is 2.74 bits per heavy atom. The second kappa shape index (κ2) is 7.06. The zero-order chi connectivity index (χ0) is 13.7. The third kappa shape index (κ3) is 3.80. The summed E-state index contributed by atoms with van der Waals surface area (Å²) in [6.07, 6.45) is 6.08. The van der Waals surface area contributed by atoms with Crippen molar-refractivity contribution in [3.63, 3.8) is 0 Å². The molecule has 19 heavy (non-hydrogen) atoms. The molecule has 0 saturated heterocycles. The first-order valence-electron chi connectivity index (χ1n) is 6.74. The molecule has 1 aliphatic carbocycles. The molecule has 0 aromatic heterocycles. The van der Waals surface area contributed by atoms with Crippen molar-refractivity contribution in [3.05, 3.63) is 23.8 Å². The summed E-state index contributed by atoms with van der Waals surface area (Å²) in [5, 5.41) is 4.46. The molecule has 4 heteroatoms. The Morgan fingerprint density at radius 2 is 2.11 bits per heavy atom. The number of thioether (sulfide) groups is 1. The summed E-state index contributed by atoms with van der Waals surface area (Å²) in [6.45, 7) is 0.839. The smallest absolute Gasteiger partial charge is 0.123 e. The molecule has 0 aliphatic heterocycles. The molecule has 0 bridgehead atoms. The lowest BCUT2D eigenvalue weighted by atomic mass is 10.1. The van der Waals surface area contributed by atoms with Gasteiger partial charge in [-0.25, -0.2) is 0 Å². The maximum atomic E-state index is 5.40. The highest BCUT2D eigenvalue weighted by Crippen LogP contribution is 2.29. The lowest BCUT2D eigenvalue weighted by Gasteiger charge is -2.15. The molecule has 0 amide bonds. The van der Waals surface area contributed by atoms with E-state index in [0.29, 0.717) is 6.04 Å². The lowest BCUT2D eigenvalue weighted by Crippen LogP contribution is -2.26. The van der Waals surface area contributed by atoms with Gasteiger partial charge in [0, 0.05) is 23.4 Å². The van der Waals surface area contributed by atoms with Gasteiger partial charge in [-0.3, -0.25) is 0 Å². The van der Waals surface area contributed by atoms with Gasteiger partial charge in [0.15, 0.2) is 0 Å². The third-order valence-corrected chi connectivity index (χ3v) is 4.88. The lowest BCUT2D eigenvalue weighted by molar-refractivity contribution is 0.395. The van der Waals surface area contributed by atoms with Gasteiger partial charge in [0.2, 0.25) is 0 Å². The van der Waals surface area contributed by atoms with E-state index in [0.717, 1.165) is 28.9 Å². The monoisotopic (exact) mass is 281 g/mol. The zero-order valence-electron chi connectivity index (χ0n) is 11.9. The molecular weight excluding hydrogens is 258 g/mol. The highest BCUT2D eigenvalue weighted by atomic mass is 32.2. The summed E-state index contributed by atoms with van der Waals surface area (Å²) < 4.78 is 10.7. The van der Waals surface area contributed by atoms with E-state index in [1.54, 1.807) is 14.2 Å². The molecule has 1 saturated carbocycles. The van der Waals surface area contributed by atoms with Crippen molar-refractivity contribution in [1.82, 2.24) is 5.32 Å². The number of hydrogen-bond acceptors (Lipinski definition) is 4. The molecular formula is C15H23NO2S. The van der Waals surface area contributed by atoms with Crippen molar-refractivity contribution in [1.29, 1.82) is 0 Å². The summed E-state index contributed by atoms with van der Waals surface area (Å²) in [5.74, 6) is 1.80. The van der Waals surface area contributed by atoms with Gasteiger partial charge in [-0.05, 0) is 43.7 Å². The summed E-state index contributed by atoms with van der Waals surface area (Å²) in [6, 6.07) is 6.58. The van der Waals surface area contributed by atoms with Crippen LogP contribution < -0.4 is 14.8 Å². The van der Waals surface area contributed by atoms with Crippen LogP contribution in [0.5, 0.6) is 11.5 Å². The van der Waals surface area contributed by atoms with Crippen LogP contribution in [-0.2, 0) is 6.54 Å². The summed E-state index contributed by atoms with van der Waals surface area (Å²) >= 11 is 1.99. The molecule has 1 N–H and O–H groups in total. The second-order valence-electron chi connectivity index (χ2n) is 4.93. The van der Waals surface area contributed by atoms with E-state index in [1.807, 2.05) is 30.0 Å². The summed E-state index contributed by atoms with van der Waals surface area (Å²) in [7, 11) is 3.41. The number of hydrogen-bond donors (Lipinski definition) is 1. The van der Waals surface area contributed by atoms with Gasteiger partial charge in [0.1, 0.15) is 11.5 Å². The molecule has 2 rings (SSSR count). The van der Waals surface area contributed by atoms with Crippen molar-refractivity contribution < 1.29 is 9.47 Å². The number of nitrogens with one attached hydrogen (secondary N) is 1. The van der Waals surface area contributed by atoms with Crippen molar-refractivity contribution in [3.8, 4) is 11.5 Å². The molecule has 3 nitrogen and oxygen atoms in total. The van der Waals surface area contributed by atoms with Gasteiger partial charge in [0.05, 0.1) is 14.2 Å². The second-order valence-corrected chi connectivity index (χ2v) is 6.06. The molecule has 106 valence electrons. The van der Waals surface area contributed by atoms with Crippen LogP contribution >= 0.6 is 11.8 Å². The molecule has 1 aromatic carbocycles. The molecule has 1 fully saturated rings. The molecule has 0 spiro atoms. The predicted octanol–water partition coefficient (Wildman–Crippen LogP) is 3.08. The minimum Gasteiger partial charge on any atom is -0.497 e. The maximum absolute atomic E-state index is 5.40.